The van der Waals surface area contributed by atoms with Crippen LogP contribution in [0.4, 0.5) is 0 Å². The number of rotatable bonds is 5. The van der Waals surface area contributed by atoms with E-state index >= 15 is 0 Å². The van der Waals surface area contributed by atoms with Crippen LogP contribution in [-0.2, 0) is 0 Å². The molecule has 0 saturated heterocycles. The maximum Gasteiger partial charge on any atom is 0.251 e. The summed E-state index contributed by atoms with van der Waals surface area (Å²) in [5, 5.41) is 2.93. The van der Waals surface area contributed by atoms with Gasteiger partial charge in [-0.2, -0.15) is 0 Å². The first-order chi connectivity index (χ1) is 7.99. The lowest BCUT2D eigenvalue weighted by molar-refractivity contribution is 0.0953. The Labute approximate surface area is 119 Å². The Hall–Kier alpha value is -0.350. The number of amides is 1. The summed E-state index contributed by atoms with van der Waals surface area (Å²) >= 11 is 6.88. The van der Waals surface area contributed by atoms with Crippen molar-refractivity contribution in [2.24, 2.45) is 0 Å². The number of aryl methyl sites for hydroxylation is 1. The van der Waals surface area contributed by atoms with Gasteiger partial charge in [0.05, 0.1) is 0 Å². The number of hydrogen-bond acceptors (Lipinski definition) is 1. The van der Waals surface area contributed by atoms with Crippen LogP contribution in [0, 0.1) is 6.92 Å². The number of halogens is 2. The number of hydrogen-bond donors (Lipinski definition) is 1. The molecule has 0 heterocycles. The van der Waals surface area contributed by atoms with Crippen molar-refractivity contribution in [1.82, 2.24) is 5.32 Å². The predicted molar refractivity (Wildman–Crippen MR) is 78.8 cm³/mol. The highest BCUT2D eigenvalue weighted by atomic mass is 79.9. The molecule has 1 rings (SSSR count). The zero-order chi connectivity index (χ0) is 12.8. The zero-order valence-corrected chi connectivity index (χ0v) is 13.3. The average Bonchev–Trinajstić information content (AvgIpc) is 2.22. The molecule has 0 aliphatic heterocycles. The third kappa shape index (κ3) is 5.68. The lowest BCUT2D eigenvalue weighted by atomic mass is 10.1. The molecule has 0 aliphatic carbocycles. The monoisotopic (exact) mass is 361 g/mol. The number of nitrogens with one attached hydrogen (secondary N) is 1. The summed E-state index contributed by atoms with van der Waals surface area (Å²) in [5.41, 5.74) is 1.79. The standard InChI is InChI=1S/C13H17Br2NO/c1-9-6-11(8-12(15)7-9)13(17)16-5-3-4-10(2)14/h6-8,10H,3-5H2,1-2H3,(H,16,17). The lowest BCUT2D eigenvalue weighted by Crippen LogP contribution is -2.24. The second-order valence-corrected chi connectivity index (χ2v) is 6.67. The summed E-state index contributed by atoms with van der Waals surface area (Å²) in [6.45, 7) is 4.81. The number of benzene rings is 1. The molecule has 94 valence electrons. The molecule has 0 aromatic heterocycles. The molecule has 0 spiro atoms. The van der Waals surface area contributed by atoms with Gasteiger partial charge in [-0.25, -0.2) is 0 Å². The van der Waals surface area contributed by atoms with Crippen LogP contribution in [0.5, 0.6) is 0 Å². The molecule has 0 fully saturated rings. The normalized spacial score (nSPS) is 12.2. The quantitative estimate of drug-likeness (QED) is 0.621. The van der Waals surface area contributed by atoms with Gasteiger partial charge in [0, 0.05) is 21.4 Å². The highest BCUT2D eigenvalue weighted by Gasteiger charge is 2.06. The SMILES string of the molecule is Cc1cc(Br)cc(C(=O)NCCCC(C)Br)c1. The smallest absolute Gasteiger partial charge is 0.251 e. The molecule has 0 radical (unpaired) electrons. The van der Waals surface area contributed by atoms with Gasteiger partial charge in [0.15, 0.2) is 0 Å². The largest absolute Gasteiger partial charge is 0.352 e. The van der Waals surface area contributed by atoms with Gasteiger partial charge < -0.3 is 5.32 Å². The molecule has 2 nitrogen and oxygen atoms in total. The number of carbonyl (C=O) groups excluding carboxylic acids is 1. The summed E-state index contributed by atoms with van der Waals surface area (Å²) in [5.74, 6) is -0.00312. The molecule has 1 aromatic rings. The molecule has 1 N–H and O–H groups in total. The number of carbonyl (C=O) groups is 1. The third-order valence-electron chi connectivity index (χ3n) is 2.37. The van der Waals surface area contributed by atoms with E-state index in [-0.39, 0.29) is 5.91 Å². The van der Waals surface area contributed by atoms with E-state index in [1.54, 1.807) is 0 Å². The minimum atomic E-state index is -0.00312. The van der Waals surface area contributed by atoms with Crippen molar-refractivity contribution in [1.29, 1.82) is 0 Å². The zero-order valence-electron chi connectivity index (χ0n) is 10.1. The van der Waals surface area contributed by atoms with E-state index < -0.39 is 0 Å². The van der Waals surface area contributed by atoms with Crippen LogP contribution in [0.3, 0.4) is 0 Å². The summed E-state index contributed by atoms with van der Waals surface area (Å²) in [7, 11) is 0. The van der Waals surface area contributed by atoms with Gasteiger partial charge >= 0.3 is 0 Å². The second-order valence-electron chi connectivity index (χ2n) is 4.20. The minimum Gasteiger partial charge on any atom is -0.352 e. The Morgan fingerprint density at radius 2 is 2.12 bits per heavy atom. The first-order valence-corrected chi connectivity index (χ1v) is 7.39. The Morgan fingerprint density at radius 3 is 2.71 bits per heavy atom. The molecular formula is C13H17Br2NO. The van der Waals surface area contributed by atoms with Crippen molar-refractivity contribution in [3.8, 4) is 0 Å². The van der Waals surface area contributed by atoms with Crippen LogP contribution in [0.25, 0.3) is 0 Å². The molecular weight excluding hydrogens is 346 g/mol. The molecule has 1 amide bonds. The molecule has 1 unspecified atom stereocenters. The van der Waals surface area contributed by atoms with E-state index in [4.69, 9.17) is 0 Å². The summed E-state index contributed by atoms with van der Waals surface area (Å²) in [4.78, 5) is 12.4. The molecule has 1 atom stereocenters. The minimum absolute atomic E-state index is 0.00312. The first-order valence-electron chi connectivity index (χ1n) is 5.68. The van der Waals surface area contributed by atoms with Crippen LogP contribution < -0.4 is 5.32 Å². The maximum atomic E-state index is 11.9. The lowest BCUT2D eigenvalue weighted by Gasteiger charge is -2.07. The first kappa shape index (κ1) is 14.7. The van der Waals surface area contributed by atoms with Crippen molar-refractivity contribution < 1.29 is 4.79 Å². The third-order valence-corrected chi connectivity index (χ3v) is 3.28. The Balaban J connectivity index is 2.47. The van der Waals surface area contributed by atoms with E-state index in [0.29, 0.717) is 10.4 Å². The van der Waals surface area contributed by atoms with Crippen LogP contribution in [0.2, 0.25) is 0 Å². The van der Waals surface area contributed by atoms with Crippen molar-refractivity contribution in [2.75, 3.05) is 6.54 Å². The molecule has 1 aromatic carbocycles. The van der Waals surface area contributed by atoms with E-state index in [1.807, 2.05) is 25.1 Å². The van der Waals surface area contributed by atoms with E-state index in [2.05, 4.69) is 44.1 Å². The predicted octanol–water partition coefficient (Wildman–Crippen LogP) is 4.05. The van der Waals surface area contributed by atoms with Gasteiger partial charge in [-0.1, -0.05) is 38.8 Å². The Morgan fingerprint density at radius 1 is 1.41 bits per heavy atom. The fraction of sp³-hybridized carbons (Fsp3) is 0.462. The second kappa shape index (κ2) is 7.17. The van der Waals surface area contributed by atoms with Gasteiger partial charge in [-0.15, -0.1) is 0 Å². The van der Waals surface area contributed by atoms with Crippen LogP contribution >= 0.6 is 31.9 Å². The van der Waals surface area contributed by atoms with Crippen LogP contribution in [0.15, 0.2) is 22.7 Å². The summed E-state index contributed by atoms with van der Waals surface area (Å²) < 4.78 is 0.941. The Kier molecular flexibility index (Phi) is 6.20. The molecule has 0 aliphatic rings. The van der Waals surface area contributed by atoms with Crippen LogP contribution in [-0.4, -0.2) is 17.3 Å². The van der Waals surface area contributed by atoms with E-state index in [9.17, 15) is 4.79 Å². The topological polar surface area (TPSA) is 29.1 Å². The molecule has 17 heavy (non-hydrogen) atoms. The van der Waals surface area contributed by atoms with Gasteiger partial charge in [-0.05, 0) is 43.5 Å². The fourth-order valence-corrected chi connectivity index (χ4v) is 2.49. The van der Waals surface area contributed by atoms with Gasteiger partial charge in [-0.3, -0.25) is 4.79 Å². The van der Waals surface area contributed by atoms with Crippen molar-refractivity contribution in [2.45, 2.75) is 31.5 Å². The van der Waals surface area contributed by atoms with Crippen LogP contribution in [0.1, 0.15) is 35.7 Å². The van der Waals surface area contributed by atoms with Gasteiger partial charge in [0.1, 0.15) is 0 Å². The van der Waals surface area contributed by atoms with E-state index in [1.165, 1.54) is 0 Å². The highest BCUT2D eigenvalue weighted by Crippen LogP contribution is 2.15. The van der Waals surface area contributed by atoms with Crippen molar-refractivity contribution in [3.05, 3.63) is 33.8 Å². The van der Waals surface area contributed by atoms with Gasteiger partial charge in [0.25, 0.3) is 5.91 Å². The maximum absolute atomic E-state index is 11.9. The summed E-state index contributed by atoms with van der Waals surface area (Å²) in [6, 6.07) is 5.73. The number of alkyl halides is 1. The Bertz CT molecular complexity index is 371. The molecule has 0 saturated carbocycles. The molecule has 0 bridgehead atoms. The van der Waals surface area contributed by atoms with E-state index in [0.717, 1.165) is 29.4 Å². The fourth-order valence-electron chi connectivity index (χ4n) is 1.55. The summed E-state index contributed by atoms with van der Waals surface area (Å²) in [6.07, 6.45) is 2.06. The van der Waals surface area contributed by atoms with Crippen molar-refractivity contribution in [3.63, 3.8) is 0 Å². The average molecular weight is 363 g/mol. The molecule has 4 heteroatoms. The van der Waals surface area contributed by atoms with Gasteiger partial charge in [0.2, 0.25) is 0 Å². The highest BCUT2D eigenvalue weighted by molar-refractivity contribution is 9.10. The van der Waals surface area contributed by atoms with Crippen molar-refractivity contribution >= 4 is 37.8 Å².